The fourth-order valence-electron chi connectivity index (χ4n) is 2.13. The largest absolute Gasteiger partial charge is 0.478 e. The minimum Gasteiger partial charge on any atom is -0.478 e. The Morgan fingerprint density at radius 3 is 2.29 bits per heavy atom. The first-order valence-corrected chi connectivity index (χ1v) is 6.19. The Morgan fingerprint density at radius 1 is 1.24 bits per heavy atom. The maximum Gasteiger partial charge on any atom is 0.337 e. The zero-order valence-corrected chi connectivity index (χ0v) is 10.9. The minimum atomic E-state index is -0.846. The van der Waals surface area contributed by atoms with E-state index >= 15 is 0 Å². The molecule has 0 unspecified atom stereocenters. The van der Waals surface area contributed by atoms with Gasteiger partial charge in [0.15, 0.2) is 0 Å². The van der Waals surface area contributed by atoms with E-state index in [1.54, 1.807) is 12.1 Å². The van der Waals surface area contributed by atoms with E-state index in [4.69, 9.17) is 0 Å². The van der Waals surface area contributed by atoms with Gasteiger partial charge in [-0.2, -0.15) is 0 Å². The van der Waals surface area contributed by atoms with Crippen LogP contribution in [0.25, 0.3) is 0 Å². The Morgan fingerprint density at radius 2 is 1.82 bits per heavy atom. The van der Waals surface area contributed by atoms with Crippen LogP contribution in [-0.4, -0.2) is 24.2 Å². The Bertz CT molecular complexity index is 382. The van der Waals surface area contributed by atoms with Crippen molar-refractivity contribution in [3.05, 3.63) is 29.3 Å². The van der Waals surface area contributed by atoms with Gasteiger partial charge in [-0.15, -0.1) is 0 Å². The lowest BCUT2D eigenvalue weighted by Crippen LogP contribution is -2.27. The Hall–Kier alpha value is -1.51. The van der Waals surface area contributed by atoms with E-state index in [2.05, 4.69) is 18.7 Å². The second-order valence-electron chi connectivity index (χ2n) is 4.26. The fraction of sp³-hybridized carbons (Fsp3) is 0.500. The number of para-hydroxylation sites is 1. The predicted molar refractivity (Wildman–Crippen MR) is 70.9 cm³/mol. The van der Waals surface area contributed by atoms with E-state index in [1.807, 2.05) is 13.0 Å². The fourth-order valence-corrected chi connectivity index (χ4v) is 2.13. The standard InChI is InChI=1S/C14H21NO2/c1-4-9-15(10-5-2)13-11(3)7-6-8-12(13)14(16)17/h6-8H,4-5,9-10H2,1-3H3,(H,16,17). The molecule has 0 atom stereocenters. The lowest BCUT2D eigenvalue weighted by molar-refractivity contribution is 0.0697. The minimum absolute atomic E-state index is 0.409. The molecule has 0 aliphatic carbocycles. The molecule has 0 amide bonds. The van der Waals surface area contributed by atoms with E-state index in [9.17, 15) is 9.90 Å². The number of hydrogen-bond acceptors (Lipinski definition) is 2. The Kier molecular flexibility index (Phi) is 5.01. The molecule has 0 aliphatic rings. The van der Waals surface area contributed by atoms with Crippen LogP contribution in [0.1, 0.15) is 42.6 Å². The number of rotatable bonds is 6. The van der Waals surface area contributed by atoms with Crippen molar-refractivity contribution >= 4 is 11.7 Å². The van der Waals surface area contributed by atoms with Gasteiger partial charge in [-0.25, -0.2) is 4.79 Å². The van der Waals surface area contributed by atoms with Gasteiger partial charge in [0.25, 0.3) is 0 Å². The average Bonchev–Trinajstić information content (AvgIpc) is 2.28. The molecule has 1 N–H and O–H groups in total. The molecule has 1 aromatic carbocycles. The number of anilines is 1. The van der Waals surface area contributed by atoms with Gasteiger partial charge in [0.05, 0.1) is 11.3 Å². The van der Waals surface area contributed by atoms with Gasteiger partial charge >= 0.3 is 5.97 Å². The highest BCUT2D eigenvalue weighted by Crippen LogP contribution is 2.25. The van der Waals surface area contributed by atoms with Crippen LogP contribution < -0.4 is 4.90 Å². The van der Waals surface area contributed by atoms with Gasteiger partial charge in [-0.3, -0.25) is 0 Å². The van der Waals surface area contributed by atoms with E-state index in [0.717, 1.165) is 37.2 Å². The predicted octanol–water partition coefficient (Wildman–Crippen LogP) is 3.32. The third kappa shape index (κ3) is 3.22. The average molecular weight is 235 g/mol. The normalized spacial score (nSPS) is 10.3. The third-order valence-electron chi connectivity index (χ3n) is 2.77. The smallest absolute Gasteiger partial charge is 0.337 e. The molecule has 0 bridgehead atoms. The van der Waals surface area contributed by atoms with Crippen molar-refractivity contribution in [1.82, 2.24) is 0 Å². The SMILES string of the molecule is CCCN(CCC)c1c(C)cccc1C(=O)O. The Balaban J connectivity index is 3.19. The molecule has 3 heteroatoms. The highest BCUT2D eigenvalue weighted by molar-refractivity contribution is 5.95. The molecule has 94 valence electrons. The third-order valence-corrected chi connectivity index (χ3v) is 2.77. The number of aromatic carboxylic acids is 1. The summed E-state index contributed by atoms with van der Waals surface area (Å²) in [5, 5.41) is 9.25. The first kappa shape index (κ1) is 13.6. The van der Waals surface area contributed by atoms with Gasteiger partial charge in [0, 0.05) is 13.1 Å². The molecule has 0 spiro atoms. The van der Waals surface area contributed by atoms with Crippen LogP contribution in [0.5, 0.6) is 0 Å². The van der Waals surface area contributed by atoms with Gasteiger partial charge in [-0.05, 0) is 31.4 Å². The van der Waals surface area contributed by atoms with Crippen molar-refractivity contribution in [3.63, 3.8) is 0 Å². The monoisotopic (exact) mass is 235 g/mol. The molecular weight excluding hydrogens is 214 g/mol. The summed E-state index contributed by atoms with van der Waals surface area (Å²) >= 11 is 0. The van der Waals surface area contributed by atoms with Crippen LogP contribution in [0, 0.1) is 6.92 Å². The van der Waals surface area contributed by atoms with Crippen molar-refractivity contribution in [1.29, 1.82) is 0 Å². The number of carboxylic acid groups (broad SMARTS) is 1. The highest BCUT2D eigenvalue weighted by Gasteiger charge is 2.16. The van der Waals surface area contributed by atoms with Crippen LogP contribution in [0.2, 0.25) is 0 Å². The summed E-state index contributed by atoms with van der Waals surface area (Å²) in [5.41, 5.74) is 2.32. The van der Waals surface area contributed by atoms with E-state index in [1.165, 1.54) is 0 Å². The zero-order chi connectivity index (χ0) is 12.8. The van der Waals surface area contributed by atoms with Crippen molar-refractivity contribution in [2.45, 2.75) is 33.6 Å². The van der Waals surface area contributed by atoms with Crippen LogP contribution >= 0.6 is 0 Å². The summed E-state index contributed by atoms with van der Waals surface area (Å²) in [6, 6.07) is 5.46. The van der Waals surface area contributed by atoms with E-state index in [0.29, 0.717) is 5.56 Å². The lowest BCUT2D eigenvalue weighted by atomic mass is 10.1. The van der Waals surface area contributed by atoms with Gasteiger partial charge in [0.1, 0.15) is 0 Å². The van der Waals surface area contributed by atoms with Gasteiger partial charge < -0.3 is 10.0 Å². The number of carbonyl (C=O) groups is 1. The molecule has 0 aliphatic heterocycles. The first-order valence-electron chi connectivity index (χ1n) is 6.19. The Labute approximate surface area is 103 Å². The number of benzene rings is 1. The highest BCUT2D eigenvalue weighted by atomic mass is 16.4. The molecule has 0 aromatic heterocycles. The maximum absolute atomic E-state index is 11.3. The van der Waals surface area contributed by atoms with Crippen LogP contribution in [-0.2, 0) is 0 Å². The molecule has 0 fully saturated rings. The number of aryl methyl sites for hydroxylation is 1. The summed E-state index contributed by atoms with van der Waals surface area (Å²) < 4.78 is 0. The number of nitrogens with zero attached hydrogens (tertiary/aromatic N) is 1. The second kappa shape index (κ2) is 6.28. The van der Waals surface area contributed by atoms with Gasteiger partial charge in [-0.1, -0.05) is 26.0 Å². The molecule has 0 saturated heterocycles. The van der Waals surface area contributed by atoms with Crippen molar-refractivity contribution < 1.29 is 9.90 Å². The molecule has 1 rings (SSSR count). The zero-order valence-electron chi connectivity index (χ0n) is 10.9. The topological polar surface area (TPSA) is 40.5 Å². The molecule has 1 aromatic rings. The van der Waals surface area contributed by atoms with Crippen molar-refractivity contribution in [2.24, 2.45) is 0 Å². The van der Waals surface area contributed by atoms with Gasteiger partial charge in [0.2, 0.25) is 0 Å². The van der Waals surface area contributed by atoms with E-state index in [-0.39, 0.29) is 0 Å². The number of carboxylic acids is 1. The number of hydrogen-bond donors (Lipinski definition) is 1. The summed E-state index contributed by atoms with van der Waals surface area (Å²) in [7, 11) is 0. The quantitative estimate of drug-likeness (QED) is 0.822. The maximum atomic E-state index is 11.3. The molecule has 17 heavy (non-hydrogen) atoms. The van der Waals surface area contributed by atoms with Crippen LogP contribution in [0.3, 0.4) is 0 Å². The summed E-state index contributed by atoms with van der Waals surface area (Å²) in [5.74, 6) is -0.846. The van der Waals surface area contributed by atoms with Crippen LogP contribution in [0.15, 0.2) is 18.2 Å². The molecule has 3 nitrogen and oxygen atoms in total. The molecule has 0 heterocycles. The second-order valence-corrected chi connectivity index (χ2v) is 4.26. The summed E-state index contributed by atoms with van der Waals surface area (Å²) in [4.78, 5) is 13.4. The molecular formula is C14H21NO2. The van der Waals surface area contributed by atoms with Crippen molar-refractivity contribution in [3.8, 4) is 0 Å². The van der Waals surface area contributed by atoms with Crippen molar-refractivity contribution in [2.75, 3.05) is 18.0 Å². The van der Waals surface area contributed by atoms with E-state index < -0.39 is 5.97 Å². The molecule has 0 radical (unpaired) electrons. The molecule has 0 saturated carbocycles. The lowest BCUT2D eigenvalue weighted by Gasteiger charge is -2.27. The first-order chi connectivity index (χ1) is 8.11. The summed E-state index contributed by atoms with van der Waals surface area (Å²) in [6.45, 7) is 8.00. The van der Waals surface area contributed by atoms with Crippen LogP contribution in [0.4, 0.5) is 5.69 Å². The summed E-state index contributed by atoms with van der Waals surface area (Å²) in [6.07, 6.45) is 2.04.